The smallest absolute Gasteiger partial charge is 0.242 e. The third-order valence-corrected chi connectivity index (χ3v) is 7.62. The van der Waals surface area contributed by atoms with Crippen molar-refractivity contribution in [2.45, 2.75) is 31.6 Å². The van der Waals surface area contributed by atoms with Crippen LogP contribution in [0.3, 0.4) is 0 Å². The highest BCUT2D eigenvalue weighted by Crippen LogP contribution is 2.59. The second-order valence-corrected chi connectivity index (χ2v) is 9.70. The molecule has 178 valence electrons. The van der Waals surface area contributed by atoms with Crippen LogP contribution in [-0.2, 0) is 14.4 Å². The molecule has 2 heterocycles. The molecule has 1 saturated carbocycles. The lowest BCUT2D eigenvalue weighted by Gasteiger charge is -2.34. The Kier molecular flexibility index (Phi) is 5.83. The number of piperidine rings is 1. The third-order valence-electron chi connectivity index (χ3n) is 7.62. The van der Waals surface area contributed by atoms with E-state index in [0.717, 1.165) is 37.0 Å². The van der Waals surface area contributed by atoms with Gasteiger partial charge in [0.1, 0.15) is 0 Å². The highest BCUT2D eigenvalue weighted by molar-refractivity contribution is 5.95. The molecule has 0 aromatic heterocycles. The van der Waals surface area contributed by atoms with Crippen LogP contribution >= 0.6 is 0 Å². The summed E-state index contributed by atoms with van der Waals surface area (Å²) < 4.78 is 26.5. The monoisotopic (exact) mass is 467 g/mol. The number of rotatable bonds is 5. The fourth-order valence-corrected chi connectivity index (χ4v) is 5.41. The van der Waals surface area contributed by atoms with Gasteiger partial charge in [0, 0.05) is 49.6 Å². The zero-order valence-electron chi connectivity index (χ0n) is 18.8. The Labute approximate surface area is 196 Å². The van der Waals surface area contributed by atoms with Crippen molar-refractivity contribution < 1.29 is 23.2 Å². The lowest BCUT2D eigenvalue weighted by Crippen LogP contribution is -2.45. The Morgan fingerprint density at radius 2 is 1.76 bits per heavy atom. The summed E-state index contributed by atoms with van der Waals surface area (Å²) in [6, 6.07) is 13.2. The molecule has 3 fully saturated rings. The van der Waals surface area contributed by atoms with Gasteiger partial charge in [0.15, 0.2) is 11.6 Å². The van der Waals surface area contributed by atoms with Crippen molar-refractivity contribution in [3.63, 3.8) is 0 Å². The third kappa shape index (κ3) is 4.41. The zero-order valence-corrected chi connectivity index (χ0v) is 18.8. The number of nitrogens with zero attached hydrogens (tertiary/aromatic N) is 2. The van der Waals surface area contributed by atoms with E-state index in [-0.39, 0.29) is 47.2 Å². The van der Waals surface area contributed by atoms with Gasteiger partial charge in [-0.15, -0.1) is 0 Å². The second kappa shape index (κ2) is 8.81. The molecule has 5 rings (SSSR count). The summed E-state index contributed by atoms with van der Waals surface area (Å²) in [5.74, 6) is -2.27. The first kappa shape index (κ1) is 22.5. The minimum absolute atomic E-state index is 0.00633. The number of anilines is 1. The van der Waals surface area contributed by atoms with E-state index in [4.69, 9.17) is 0 Å². The van der Waals surface area contributed by atoms with E-state index in [9.17, 15) is 23.2 Å². The predicted octanol–water partition coefficient (Wildman–Crippen LogP) is 3.55. The highest BCUT2D eigenvalue weighted by Gasteiger charge is 2.58. The SMILES string of the molecule is O=C(Nc1ccc(F)c(F)c1)C1CC12CCN(C(=O)CN1CC(c3ccccc3)CC1=O)CC2. The van der Waals surface area contributed by atoms with E-state index < -0.39 is 11.6 Å². The standard InChI is InChI=1S/C26H27F2N3O3/c27-21-7-6-19(13-22(21)28)29-25(34)20-14-26(20)8-10-30(11-9-26)24(33)16-31-15-18(12-23(31)32)17-4-2-1-3-5-17/h1-7,13,18,20H,8-12,14-16H2,(H,29,34). The van der Waals surface area contributed by atoms with Crippen LogP contribution in [-0.4, -0.2) is 53.7 Å². The Hall–Kier alpha value is -3.29. The number of carbonyl (C=O) groups is 3. The maximum absolute atomic E-state index is 13.4. The fraction of sp³-hybridized carbons (Fsp3) is 0.423. The van der Waals surface area contributed by atoms with Gasteiger partial charge in [0.2, 0.25) is 17.7 Å². The van der Waals surface area contributed by atoms with Gasteiger partial charge in [-0.05, 0) is 42.4 Å². The molecule has 6 nitrogen and oxygen atoms in total. The quantitative estimate of drug-likeness (QED) is 0.731. The van der Waals surface area contributed by atoms with Crippen LogP contribution in [0.5, 0.6) is 0 Å². The van der Waals surface area contributed by atoms with Crippen LogP contribution < -0.4 is 5.32 Å². The molecule has 34 heavy (non-hydrogen) atoms. The van der Waals surface area contributed by atoms with Crippen molar-refractivity contribution in [2.24, 2.45) is 11.3 Å². The lowest BCUT2D eigenvalue weighted by atomic mass is 9.90. The number of nitrogens with one attached hydrogen (secondary N) is 1. The molecule has 3 amide bonds. The van der Waals surface area contributed by atoms with Gasteiger partial charge in [0.25, 0.3) is 0 Å². The number of likely N-dealkylation sites (tertiary alicyclic amines) is 2. The number of benzene rings is 2. The molecule has 2 aromatic carbocycles. The van der Waals surface area contributed by atoms with Crippen LogP contribution in [0.1, 0.15) is 37.2 Å². The van der Waals surface area contributed by atoms with Crippen LogP contribution in [0.25, 0.3) is 0 Å². The first-order valence-corrected chi connectivity index (χ1v) is 11.7. The topological polar surface area (TPSA) is 69.7 Å². The van der Waals surface area contributed by atoms with Crippen LogP contribution in [0.2, 0.25) is 0 Å². The largest absolute Gasteiger partial charge is 0.341 e. The summed E-state index contributed by atoms with van der Waals surface area (Å²) >= 11 is 0. The molecule has 2 saturated heterocycles. The van der Waals surface area contributed by atoms with Gasteiger partial charge < -0.3 is 15.1 Å². The lowest BCUT2D eigenvalue weighted by molar-refractivity contribution is -0.139. The maximum Gasteiger partial charge on any atom is 0.242 e. The normalized spacial score (nSPS) is 23.3. The van der Waals surface area contributed by atoms with Gasteiger partial charge >= 0.3 is 0 Å². The van der Waals surface area contributed by atoms with Crippen molar-refractivity contribution in [1.82, 2.24) is 9.80 Å². The van der Waals surface area contributed by atoms with Crippen molar-refractivity contribution >= 4 is 23.4 Å². The van der Waals surface area contributed by atoms with E-state index in [2.05, 4.69) is 5.32 Å². The van der Waals surface area contributed by atoms with E-state index in [0.29, 0.717) is 26.1 Å². The van der Waals surface area contributed by atoms with Crippen molar-refractivity contribution in [3.8, 4) is 0 Å². The fourth-order valence-electron chi connectivity index (χ4n) is 5.41. The minimum atomic E-state index is -0.998. The molecule has 1 N–H and O–H groups in total. The van der Waals surface area contributed by atoms with Gasteiger partial charge in [-0.1, -0.05) is 30.3 Å². The molecule has 1 spiro atoms. The van der Waals surface area contributed by atoms with E-state index >= 15 is 0 Å². The molecular weight excluding hydrogens is 440 g/mol. The molecule has 0 bridgehead atoms. The number of hydrogen-bond acceptors (Lipinski definition) is 3. The number of halogens is 2. The Morgan fingerprint density at radius 3 is 2.47 bits per heavy atom. The molecule has 2 atom stereocenters. The van der Waals surface area contributed by atoms with Crippen LogP contribution in [0, 0.1) is 23.0 Å². The molecule has 2 unspecified atom stereocenters. The Bertz CT molecular complexity index is 1120. The van der Waals surface area contributed by atoms with E-state index in [1.807, 2.05) is 30.3 Å². The number of carbonyl (C=O) groups excluding carboxylic acids is 3. The average Bonchev–Trinajstić information content (AvgIpc) is 3.41. The molecule has 0 radical (unpaired) electrons. The van der Waals surface area contributed by atoms with Gasteiger partial charge in [-0.3, -0.25) is 14.4 Å². The van der Waals surface area contributed by atoms with Crippen LogP contribution in [0.4, 0.5) is 14.5 Å². The van der Waals surface area contributed by atoms with Crippen molar-refractivity contribution in [1.29, 1.82) is 0 Å². The second-order valence-electron chi connectivity index (χ2n) is 9.70. The summed E-state index contributed by atoms with van der Waals surface area (Å²) in [4.78, 5) is 41.4. The molecule has 2 aromatic rings. The molecule has 8 heteroatoms. The summed E-state index contributed by atoms with van der Waals surface area (Å²) in [7, 11) is 0. The first-order chi connectivity index (χ1) is 16.3. The zero-order chi connectivity index (χ0) is 23.9. The summed E-state index contributed by atoms with van der Waals surface area (Å²) in [5, 5.41) is 2.68. The minimum Gasteiger partial charge on any atom is -0.341 e. The van der Waals surface area contributed by atoms with Gasteiger partial charge in [-0.2, -0.15) is 0 Å². The van der Waals surface area contributed by atoms with Crippen LogP contribution in [0.15, 0.2) is 48.5 Å². The summed E-state index contributed by atoms with van der Waals surface area (Å²) in [6.45, 7) is 1.75. The molecular formula is C26H27F2N3O3. The van der Waals surface area contributed by atoms with E-state index in [1.54, 1.807) is 9.80 Å². The first-order valence-electron chi connectivity index (χ1n) is 11.7. The Morgan fingerprint density at radius 1 is 1.03 bits per heavy atom. The summed E-state index contributed by atoms with van der Waals surface area (Å²) in [6.07, 6.45) is 2.59. The van der Waals surface area contributed by atoms with E-state index in [1.165, 1.54) is 6.07 Å². The van der Waals surface area contributed by atoms with Gasteiger partial charge in [0.05, 0.1) is 6.54 Å². The number of amides is 3. The summed E-state index contributed by atoms with van der Waals surface area (Å²) in [5.41, 5.74) is 1.22. The average molecular weight is 468 g/mol. The maximum atomic E-state index is 13.4. The highest BCUT2D eigenvalue weighted by atomic mass is 19.2. The number of hydrogen-bond donors (Lipinski definition) is 1. The van der Waals surface area contributed by atoms with Gasteiger partial charge in [-0.25, -0.2) is 8.78 Å². The predicted molar refractivity (Wildman–Crippen MR) is 122 cm³/mol. The van der Waals surface area contributed by atoms with Crippen molar-refractivity contribution in [2.75, 3.05) is 31.5 Å². The molecule has 3 aliphatic rings. The molecule has 1 aliphatic carbocycles. The van der Waals surface area contributed by atoms with Crippen molar-refractivity contribution in [3.05, 3.63) is 65.7 Å². The Balaban J connectivity index is 1.11. The molecule has 2 aliphatic heterocycles.